The molecule has 2 rings (SSSR count). The van der Waals surface area contributed by atoms with Crippen molar-refractivity contribution in [1.82, 2.24) is 5.32 Å². The number of anilines is 1. The van der Waals surface area contributed by atoms with Crippen LogP contribution in [0.1, 0.15) is 17.5 Å². The van der Waals surface area contributed by atoms with E-state index in [0.29, 0.717) is 23.3 Å². The van der Waals surface area contributed by atoms with Crippen LogP contribution >= 0.6 is 0 Å². The fraction of sp³-hybridized carbons (Fsp3) is 0.316. The van der Waals surface area contributed by atoms with E-state index in [2.05, 4.69) is 11.4 Å². The van der Waals surface area contributed by atoms with Gasteiger partial charge >= 0.3 is 0 Å². The molecule has 0 fully saturated rings. The van der Waals surface area contributed by atoms with Gasteiger partial charge in [0.25, 0.3) is 0 Å². The SMILES string of the molecule is Cc1cccc(CCCNC(=O)CN(c2ccc(F)cc2F)S(C)(=O)=O)c1. The summed E-state index contributed by atoms with van der Waals surface area (Å²) < 4.78 is 51.5. The summed E-state index contributed by atoms with van der Waals surface area (Å²) in [5.74, 6) is -2.44. The van der Waals surface area contributed by atoms with Gasteiger partial charge in [-0.15, -0.1) is 0 Å². The highest BCUT2D eigenvalue weighted by Gasteiger charge is 2.23. The van der Waals surface area contributed by atoms with E-state index >= 15 is 0 Å². The van der Waals surface area contributed by atoms with Crippen molar-refractivity contribution in [2.24, 2.45) is 0 Å². The standard InChI is InChI=1S/C19H22F2N2O3S/c1-14-5-3-6-15(11-14)7-4-10-22-19(24)13-23(27(2,25)26)18-9-8-16(20)12-17(18)21/h3,5-6,8-9,11-12H,4,7,10,13H2,1-2H3,(H,22,24). The van der Waals surface area contributed by atoms with Crippen molar-refractivity contribution in [1.29, 1.82) is 0 Å². The first-order valence-electron chi connectivity index (χ1n) is 8.42. The average Bonchev–Trinajstić information content (AvgIpc) is 2.56. The third kappa shape index (κ3) is 6.32. The van der Waals surface area contributed by atoms with Crippen molar-refractivity contribution in [3.05, 3.63) is 65.2 Å². The highest BCUT2D eigenvalue weighted by Crippen LogP contribution is 2.22. The number of aryl methyl sites for hydroxylation is 2. The minimum atomic E-state index is -3.92. The van der Waals surface area contributed by atoms with Crippen LogP contribution in [0.3, 0.4) is 0 Å². The molecular formula is C19H22F2N2O3S. The lowest BCUT2D eigenvalue weighted by molar-refractivity contribution is -0.119. The van der Waals surface area contributed by atoms with Gasteiger partial charge < -0.3 is 5.32 Å². The van der Waals surface area contributed by atoms with E-state index in [1.54, 1.807) is 0 Å². The normalized spacial score (nSPS) is 11.3. The number of halogens is 2. The summed E-state index contributed by atoms with van der Waals surface area (Å²) in [6, 6.07) is 10.5. The van der Waals surface area contributed by atoms with E-state index in [-0.39, 0.29) is 5.69 Å². The molecule has 0 saturated carbocycles. The van der Waals surface area contributed by atoms with Gasteiger partial charge in [0.05, 0.1) is 11.9 Å². The fourth-order valence-electron chi connectivity index (χ4n) is 2.64. The van der Waals surface area contributed by atoms with Crippen molar-refractivity contribution < 1.29 is 22.0 Å². The van der Waals surface area contributed by atoms with Crippen LogP contribution in [-0.2, 0) is 21.2 Å². The van der Waals surface area contributed by atoms with Crippen molar-refractivity contribution in [3.63, 3.8) is 0 Å². The Morgan fingerprint density at radius 2 is 1.89 bits per heavy atom. The first-order chi connectivity index (χ1) is 12.7. The number of benzene rings is 2. The monoisotopic (exact) mass is 396 g/mol. The lowest BCUT2D eigenvalue weighted by atomic mass is 10.1. The van der Waals surface area contributed by atoms with Crippen LogP contribution in [0.5, 0.6) is 0 Å². The molecule has 0 aromatic heterocycles. The second kappa shape index (κ2) is 8.94. The maximum Gasteiger partial charge on any atom is 0.240 e. The quantitative estimate of drug-likeness (QED) is 0.698. The molecule has 0 radical (unpaired) electrons. The zero-order valence-corrected chi connectivity index (χ0v) is 16.0. The van der Waals surface area contributed by atoms with E-state index in [4.69, 9.17) is 0 Å². The lowest BCUT2D eigenvalue weighted by Gasteiger charge is -2.22. The minimum absolute atomic E-state index is 0.357. The van der Waals surface area contributed by atoms with Crippen LogP contribution in [0.15, 0.2) is 42.5 Å². The number of nitrogens with one attached hydrogen (secondary N) is 1. The topological polar surface area (TPSA) is 66.5 Å². The lowest BCUT2D eigenvalue weighted by Crippen LogP contribution is -2.41. The van der Waals surface area contributed by atoms with Crippen molar-refractivity contribution >= 4 is 21.6 Å². The summed E-state index contributed by atoms with van der Waals surface area (Å²) in [7, 11) is -3.92. The van der Waals surface area contributed by atoms with Crippen LogP contribution in [0, 0.1) is 18.6 Å². The van der Waals surface area contributed by atoms with Gasteiger partial charge in [-0.3, -0.25) is 9.10 Å². The van der Waals surface area contributed by atoms with Gasteiger partial charge in [0.1, 0.15) is 18.2 Å². The number of hydrogen-bond acceptors (Lipinski definition) is 3. The molecule has 0 atom stereocenters. The molecule has 2 aromatic rings. The number of sulfonamides is 1. The zero-order valence-electron chi connectivity index (χ0n) is 15.2. The van der Waals surface area contributed by atoms with E-state index in [0.717, 1.165) is 35.9 Å². The van der Waals surface area contributed by atoms with E-state index in [9.17, 15) is 22.0 Å². The minimum Gasteiger partial charge on any atom is -0.355 e. The van der Waals surface area contributed by atoms with Gasteiger partial charge in [0.2, 0.25) is 15.9 Å². The Morgan fingerprint density at radius 1 is 1.15 bits per heavy atom. The van der Waals surface area contributed by atoms with Crippen LogP contribution in [0.25, 0.3) is 0 Å². The van der Waals surface area contributed by atoms with Gasteiger partial charge in [0.15, 0.2) is 0 Å². The average molecular weight is 396 g/mol. The molecule has 146 valence electrons. The molecule has 0 heterocycles. The predicted molar refractivity (Wildman–Crippen MR) is 101 cm³/mol. The number of nitrogens with zero attached hydrogens (tertiary/aromatic N) is 1. The Hall–Kier alpha value is -2.48. The summed E-state index contributed by atoms with van der Waals surface area (Å²) in [4.78, 5) is 12.1. The highest BCUT2D eigenvalue weighted by molar-refractivity contribution is 7.92. The van der Waals surface area contributed by atoms with Crippen LogP contribution in [0.2, 0.25) is 0 Å². The molecule has 1 N–H and O–H groups in total. The molecular weight excluding hydrogens is 374 g/mol. The van der Waals surface area contributed by atoms with Crippen LogP contribution in [0.4, 0.5) is 14.5 Å². The van der Waals surface area contributed by atoms with Crippen molar-refractivity contribution in [2.45, 2.75) is 19.8 Å². The maximum absolute atomic E-state index is 13.9. The van der Waals surface area contributed by atoms with Gasteiger partial charge in [-0.2, -0.15) is 0 Å². The summed E-state index contributed by atoms with van der Waals surface area (Å²) in [5, 5.41) is 2.63. The smallest absolute Gasteiger partial charge is 0.240 e. The van der Waals surface area contributed by atoms with Crippen LogP contribution < -0.4 is 9.62 Å². The largest absolute Gasteiger partial charge is 0.355 e. The Balaban J connectivity index is 1.94. The second-order valence-corrected chi connectivity index (χ2v) is 8.21. The number of carbonyl (C=O) groups excluding carboxylic acids is 1. The van der Waals surface area contributed by atoms with E-state index in [1.165, 1.54) is 0 Å². The summed E-state index contributed by atoms with van der Waals surface area (Å²) in [6.07, 6.45) is 2.31. The molecule has 0 aliphatic heterocycles. The van der Waals surface area contributed by atoms with Gasteiger partial charge in [0, 0.05) is 12.6 Å². The number of carbonyl (C=O) groups is 1. The third-order valence-electron chi connectivity index (χ3n) is 3.91. The second-order valence-electron chi connectivity index (χ2n) is 6.31. The first kappa shape index (κ1) is 20.8. The summed E-state index contributed by atoms with van der Waals surface area (Å²) >= 11 is 0. The van der Waals surface area contributed by atoms with Crippen molar-refractivity contribution in [3.8, 4) is 0 Å². The van der Waals surface area contributed by atoms with Gasteiger partial charge in [-0.1, -0.05) is 29.8 Å². The number of hydrogen-bond donors (Lipinski definition) is 1. The summed E-state index contributed by atoms with van der Waals surface area (Å²) in [5.41, 5.74) is 1.94. The molecule has 0 unspecified atom stereocenters. The molecule has 2 aromatic carbocycles. The Kier molecular flexibility index (Phi) is 6.90. The van der Waals surface area contributed by atoms with Crippen molar-refractivity contribution in [2.75, 3.05) is 23.7 Å². The fourth-order valence-corrected chi connectivity index (χ4v) is 3.50. The summed E-state index contributed by atoms with van der Waals surface area (Å²) in [6.45, 7) is 1.78. The van der Waals surface area contributed by atoms with E-state index < -0.39 is 34.1 Å². The number of amides is 1. The van der Waals surface area contributed by atoms with Gasteiger partial charge in [-0.25, -0.2) is 17.2 Å². The zero-order chi connectivity index (χ0) is 20.0. The molecule has 0 spiro atoms. The first-order valence-corrected chi connectivity index (χ1v) is 10.3. The highest BCUT2D eigenvalue weighted by atomic mass is 32.2. The maximum atomic E-state index is 13.9. The Labute approximate surface area is 158 Å². The molecule has 0 aliphatic rings. The number of rotatable bonds is 8. The molecule has 1 amide bonds. The molecule has 5 nitrogen and oxygen atoms in total. The molecule has 0 saturated heterocycles. The molecule has 27 heavy (non-hydrogen) atoms. The molecule has 0 aliphatic carbocycles. The molecule has 8 heteroatoms. The van der Waals surface area contributed by atoms with E-state index in [1.807, 2.05) is 25.1 Å². The van der Waals surface area contributed by atoms with Gasteiger partial charge in [-0.05, 0) is 37.5 Å². The Bertz CT molecular complexity index is 917. The molecule has 0 bridgehead atoms. The Morgan fingerprint density at radius 3 is 2.52 bits per heavy atom. The predicted octanol–water partition coefficient (Wildman–Crippen LogP) is 2.79. The third-order valence-corrected chi connectivity index (χ3v) is 5.04. The van der Waals surface area contributed by atoms with Crippen LogP contribution in [-0.4, -0.2) is 33.7 Å².